The fourth-order valence-electron chi connectivity index (χ4n) is 5.76. The zero-order chi connectivity index (χ0) is 55.3. The van der Waals surface area contributed by atoms with Gasteiger partial charge in [0.05, 0.1) is 38.4 Å². The molecule has 1 heteroatoms. The minimum absolute atomic E-state index is 0.321. The first-order chi connectivity index (χ1) is 35.0. The van der Waals surface area contributed by atoms with Gasteiger partial charge >= 0.3 is 0 Å². The van der Waals surface area contributed by atoms with Crippen LogP contribution in [0.4, 0.5) is 0 Å². The molecule has 0 bridgehead atoms. The fraction of sp³-hybridized carbons (Fsp3) is 0. The first kappa shape index (κ1) is 10.7. The van der Waals surface area contributed by atoms with E-state index < -0.39 is 257 Å². The van der Waals surface area contributed by atoms with Crippen LogP contribution in [0.25, 0.3) is 98.4 Å². The van der Waals surface area contributed by atoms with Crippen LogP contribution in [0.15, 0.2) is 174 Å². The van der Waals surface area contributed by atoms with Gasteiger partial charge in [-0.1, -0.05) is 151 Å². The number of hydrogen-bond acceptors (Lipinski definition) is 1. The predicted molar refractivity (Wildman–Crippen MR) is 200 cm³/mol. The zero-order valence-corrected chi connectivity index (χ0v) is 23.4. The molecule has 0 fully saturated rings. The van der Waals surface area contributed by atoms with Gasteiger partial charge in [0.2, 0.25) is 0 Å². The van der Waals surface area contributed by atoms with E-state index in [0.29, 0.717) is 0 Å². The minimum Gasteiger partial charge on any atom is -0.456 e. The number of rotatable bonds is 3. The zero-order valence-electron chi connectivity index (χ0n) is 51.4. The molecule has 10 aromatic rings. The van der Waals surface area contributed by atoms with Crippen molar-refractivity contribution in [2.45, 2.75) is 0 Å². The van der Waals surface area contributed by atoms with E-state index in [1.54, 1.807) is 0 Å². The topological polar surface area (TPSA) is 13.1 Å². The molecule has 0 saturated carbocycles. The normalized spacial score (nSPS) is 20.2. The first-order valence-corrected chi connectivity index (χ1v) is 13.9. The van der Waals surface area contributed by atoms with Crippen molar-refractivity contribution < 1.29 is 42.8 Å². The average molecular weight is 625 g/mol. The fourth-order valence-corrected chi connectivity index (χ4v) is 5.76. The average Bonchev–Trinajstić information content (AvgIpc) is 3.85. The van der Waals surface area contributed by atoms with Gasteiger partial charge in [-0.2, -0.15) is 0 Å². The number of furan rings is 1. The second kappa shape index (κ2) is 10.2. The molecule has 0 N–H and O–H groups in total. The summed E-state index contributed by atoms with van der Waals surface area (Å²) in [6, 6.07) is -25.5. The highest BCUT2D eigenvalue weighted by atomic mass is 16.3. The molecule has 218 valence electrons. The lowest BCUT2D eigenvalue weighted by Crippen LogP contribution is -1.91. The summed E-state index contributed by atoms with van der Waals surface area (Å²) in [5.74, 6) is 0. The number of benzene rings is 9. The molecule has 0 aliphatic carbocycles. The van der Waals surface area contributed by atoms with Gasteiger partial charge in [0, 0.05) is 10.8 Å². The van der Waals surface area contributed by atoms with E-state index in [2.05, 4.69) is 0 Å². The molecule has 1 nitrogen and oxygen atoms in total. The summed E-state index contributed by atoms with van der Waals surface area (Å²) in [4.78, 5) is 0. The highest BCUT2D eigenvalue weighted by molar-refractivity contribution is 6.23. The number of hydrogen-bond donors (Lipinski definition) is 0. The number of fused-ring (bicyclic) bond motifs is 8. The second-order valence-corrected chi connectivity index (χ2v) is 10.3. The highest BCUT2D eigenvalue weighted by Crippen LogP contribution is 2.45. The van der Waals surface area contributed by atoms with Crippen LogP contribution in [0.5, 0.6) is 0 Å². The van der Waals surface area contributed by atoms with Crippen LogP contribution in [-0.4, -0.2) is 0 Å². The van der Waals surface area contributed by atoms with Crippen LogP contribution in [0.3, 0.4) is 0 Å². The lowest BCUT2D eigenvalue weighted by molar-refractivity contribution is 0.669. The van der Waals surface area contributed by atoms with Gasteiger partial charge in [-0.15, -0.1) is 0 Å². The van der Waals surface area contributed by atoms with Crippen LogP contribution in [0, 0.1) is 0 Å². The van der Waals surface area contributed by atoms with Crippen molar-refractivity contribution in [3.05, 3.63) is 169 Å². The Morgan fingerprint density at radius 1 is 0.340 bits per heavy atom. The molecule has 1 heterocycles. The summed E-state index contributed by atoms with van der Waals surface area (Å²) < 4.78 is 257. The molecule has 0 saturated heterocycles. The van der Waals surface area contributed by atoms with Crippen molar-refractivity contribution in [3.63, 3.8) is 0 Å². The molecule has 0 radical (unpaired) electrons. The summed E-state index contributed by atoms with van der Waals surface area (Å²) >= 11 is 0. The predicted octanol–water partition coefficient (Wildman–Crippen LogP) is 13.2. The molecule has 0 aliphatic heterocycles. The Morgan fingerprint density at radius 3 is 1.57 bits per heavy atom. The molecular formula is C46H28O. The first-order valence-electron chi connectivity index (χ1n) is 27.9. The van der Waals surface area contributed by atoms with Crippen molar-refractivity contribution in [2.24, 2.45) is 0 Å². The van der Waals surface area contributed by atoms with Crippen LogP contribution in [0.1, 0.15) is 38.4 Å². The molecule has 0 aliphatic rings. The van der Waals surface area contributed by atoms with Crippen LogP contribution >= 0.6 is 0 Å². The smallest absolute Gasteiger partial charge is 0.136 e. The maximum absolute atomic E-state index is 9.58. The van der Waals surface area contributed by atoms with E-state index in [9.17, 15) is 16.4 Å². The summed E-state index contributed by atoms with van der Waals surface area (Å²) in [5.41, 5.74) is -5.77. The Hall–Kier alpha value is -6.18. The summed E-state index contributed by atoms with van der Waals surface area (Å²) in [6.45, 7) is 0. The monoisotopic (exact) mass is 624 g/mol. The van der Waals surface area contributed by atoms with E-state index in [-0.39, 0.29) is 10.8 Å². The Morgan fingerprint density at radius 2 is 0.872 bits per heavy atom. The maximum atomic E-state index is 9.58. The lowest BCUT2D eigenvalue weighted by atomic mass is 9.84. The molecule has 0 amide bonds. The van der Waals surface area contributed by atoms with Crippen LogP contribution in [0.2, 0.25) is 0 Å². The van der Waals surface area contributed by atoms with E-state index in [4.69, 9.17) is 26.3 Å². The Kier molecular flexibility index (Phi) is 2.31. The SMILES string of the molecule is [2H]c1c([2H])c(-c2c3c([2H])c([2H])c([2H])c([2H])c3c(-c3c([2H])c([2H])c([2H])c4c([2H])c([2H])c([2H])c([2H])c34)c3c([2H])c([2H])c([2H])c([2H])c23)c([2H])c([2H])c1-c1c([2H])c([2H])c2c(oc3c([2H])c([2H])c4c([2H])c([2H])c([2H])c([2H])c4c32)c1[2H]. The Balaban J connectivity index is 1.41. The molecule has 0 spiro atoms. The standard InChI is InChI=1S/C46H28O/c1-3-13-34-30(10-1)12-9-19-36(34)45-39-17-7-5-15-37(39)44(38-16-6-8-18-40(38)45)32-22-20-29(21-23-32)33-24-26-41-43(28-33)47-42-27-25-31-11-2-4-14-35(31)46(41)42/h1-28H/i1D,2D,3D,4D,5D,6D,7D,8D,9D,10D,11D,12D,13D,14D,15D,16D,17D,18D,19D,20D,21D,22D,23D,24D,25D,26D,27D,28D. The third-order valence-electron chi connectivity index (χ3n) is 7.76. The molecular weight excluding hydrogens is 569 g/mol. The summed E-state index contributed by atoms with van der Waals surface area (Å²) in [5, 5.41) is -5.75. The highest BCUT2D eigenvalue weighted by Gasteiger charge is 2.18. The molecule has 9 aromatic carbocycles. The Labute approximate surface area is 311 Å². The van der Waals surface area contributed by atoms with Gasteiger partial charge in [0.1, 0.15) is 11.2 Å². The van der Waals surface area contributed by atoms with E-state index in [1.165, 1.54) is 0 Å². The van der Waals surface area contributed by atoms with Gasteiger partial charge in [-0.25, -0.2) is 0 Å². The van der Waals surface area contributed by atoms with Crippen molar-refractivity contribution in [1.82, 2.24) is 0 Å². The third-order valence-corrected chi connectivity index (χ3v) is 7.76. The molecule has 0 atom stereocenters. The molecule has 10 rings (SSSR count). The van der Waals surface area contributed by atoms with Gasteiger partial charge in [-0.3, -0.25) is 0 Å². The van der Waals surface area contributed by atoms with Crippen LogP contribution in [-0.2, 0) is 0 Å². The van der Waals surface area contributed by atoms with Gasteiger partial charge < -0.3 is 4.42 Å². The molecule has 1 aromatic heterocycles. The van der Waals surface area contributed by atoms with Gasteiger partial charge in [-0.05, 0) is 94.6 Å². The van der Waals surface area contributed by atoms with Crippen molar-refractivity contribution in [3.8, 4) is 33.4 Å². The summed E-state index contributed by atoms with van der Waals surface area (Å²) in [7, 11) is 0. The lowest BCUT2D eigenvalue weighted by Gasteiger charge is -2.19. The summed E-state index contributed by atoms with van der Waals surface area (Å²) in [6.07, 6.45) is 0. The van der Waals surface area contributed by atoms with E-state index >= 15 is 0 Å². The third kappa shape index (κ3) is 3.97. The largest absolute Gasteiger partial charge is 0.456 e. The van der Waals surface area contributed by atoms with Crippen molar-refractivity contribution in [1.29, 1.82) is 0 Å². The van der Waals surface area contributed by atoms with E-state index in [1.807, 2.05) is 0 Å². The van der Waals surface area contributed by atoms with Crippen molar-refractivity contribution in [2.75, 3.05) is 0 Å². The van der Waals surface area contributed by atoms with Gasteiger partial charge in [0.15, 0.2) is 0 Å². The van der Waals surface area contributed by atoms with Crippen molar-refractivity contribution >= 4 is 65.0 Å². The van der Waals surface area contributed by atoms with Crippen LogP contribution < -0.4 is 0 Å². The van der Waals surface area contributed by atoms with E-state index in [0.717, 1.165) is 0 Å². The minimum atomic E-state index is -1.10. The quantitative estimate of drug-likeness (QED) is 0.178. The molecule has 0 unspecified atom stereocenters. The van der Waals surface area contributed by atoms with Gasteiger partial charge in [0.25, 0.3) is 0 Å². The molecule has 47 heavy (non-hydrogen) atoms. The Bertz CT molecular complexity index is 4330. The second-order valence-electron chi connectivity index (χ2n) is 10.3. The maximum Gasteiger partial charge on any atom is 0.136 e.